The van der Waals surface area contributed by atoms with E-state index in [0.717, 1.165) is 17.5 Å². The number of fused-ring (bicyclic) bond motifs is 1. The molecule has 1 N–H and O–H groups in total. The molecule has 0 aliphatic carbocycles. The van der Waals surface area contributed by atoms with Crippen molar-refractivity contribution in [1.29, 1.82) is 0 Å². The van der Waals surface area contributed by atoms with Gasteiger partial charge >= 0.3 is 5.97 Å². The number of carboxylic acid groups (broad SMARTS) is 1. The minimum absolute atomic E-state index is 0.0226. The molecule has 2 rings (SSSR count). The fourth-order valence-electron chi connectivity index (χ4n) is 2.16. The van der Waals surface area contributed by atoms with Crippen molar-refractivity contribution in [2.75, 3.05) is 13.1 Å². The molecule has 1 amide bonds. The van der Waals surface area contributed by atoms with Gasteiger partial charge in [0.25, 0.3) is 5.91 Å². The number of hydrogen-bond acceptors (Lipinski definition) is 2. The van der Waals surface area contributed by atoms with Crippen molar-refractivity contribution in [3.63, 3.8) is 0 Å². The molecule has 1 aromatic carbocycles. The van der Waals surface area contributed by atoms with Gasteiger partial charge in [-0.05, 0) is 24.5 Å². The van der Waals surface area contributed by atoms with Crippen molar-refractivity contribution in [1.82, 2.24) is 4.90 Å². The summed E-state index contributed by atoms with van der Waals surface area (Å²) in [4.78, 5) is 24.7. The first-order valence-electron chi connectivity index (χ1n) is 6.19. The lowest BCUT2D eigenvalue weighted by Crippen LogP contribution is -2.39. The Morgan fingerprint density at radius 1 is 1.44 bits per heavy atom. The number of rotatable bonds is 4. The summed E-state index contributed by atoms with van der Waals surface area (Å²) in [6.45, 7) is 2.87. The predicted octanol–water partition coefficient (Wildman–Crippen LogP) is 1.80. The molecular formula is C14H17NO3. The van der Waals surface area contributed by atoms with Crippen LogP contribution < -0.4 is 0 Å². The van der Waals surface area contributed by atoms with Gasteiger partial charge in [0, 0.05) is 18.7 Å². The molecule has 0 spiro atoms. The van der Waals surface area contributed by atoms with E-state index >= 15 is 0 Å². The Balaban J connectivity index is 2.01. The molecule has 18 heavy (non-hydrogen) atoms. The summed E-state index contributed by atoms with van der Waals surface area (Å²) in [5, 5.41) is 8.83. The van der Waals surface area contributed by atoms with Gasteiger partial charge in [0.1, 0.15) is 0 Å². The van der Waals surface area contributed by atoms with Crippen molar-refractivity contribution in [3.8, 4) is 0 Å². The Morgan fingerprint density at radius 2 is 2.17 bits per heavy atom. The average molecular weight is 247 g/mol. The Morgan fingerprint density at radius 3 is 2.89 bits per heavy atom. The van der Waals surface area contributed by atoms with Gasteiger partial charge in [-0.15, -0.1) is 0 Å². The topological polar surface area (TPSA) is 57.6 Å². The quantitative estimate of drug-likeness (QED) is 0.882. The van der Waals surface area contributed by atoms with Gasteiger partial charge < -0.3 is 10.0 Å². The molecule has 0 saturated heterocycles. The lowest BCUT2D eigenvalue weighted by Gasteiger charge is -2.29. The van der Waals surface area contributed by atoms with Crippen LogP contribution in [-0.2, 0) is 11.2 Å². The van der Waals surface area contributed by atoms with E-state index in [4.69, 9.17) is 5.11 Å². The van der Waals surface area contributed by atoms with Gasteiger partial charge in [0.15, 0.2) is 0 Å². The van der Waals surface area contributed by atoms with Crippen LogP contribution in [0.2, 0.25) is 0 Å². The maximum Gasteiger partial charge on any atom is 0.306 e. The SMILES string of the molecule is CC(CCN1CCc2ccccc2C1=O)C(=O)O. The monoisotopic (exact) mass is 247 g/mol. The number of hydrogen-bond donors (Lipinski definition) is 1. The Kier molecular flexibility index (Phi) is 3.65. The zero-order chi connectivity index (χ0) is 13.1. The van der Waals surface area contributed by atoms with Gasteiger partial charge in [-0.2, -0.15) is 0 Å². The van der Waals surface area contributed by atoms with Crippen molar-refractivity contribution >= 4 is 11.9 Å². The van der Waals surface area contributed by atoms with Gasteiger partial charge in [-0.3, -0.25) is 9.59 Å². The number of amides is 1. The largest absolute Gasteiger partial charge is 0.481 e. The number of nitrogens with zero attached hydrogens (tertiary/aromatic N) is 1. The first-order chi connectivity index (χ1) is 8.59. The van der Waals surface area contributed by atoms with Crippen LogP contribution in [0.3, 0.4) is 0 Å². The molecule has 1 unspecified atom stereocenters. The summed E-state index contributed by atoms with van der Waals surface area (Å²) in [6, 6.07) is 7.61. The second kappa shape index (κ2) is 5.21. The lowest BCUT2D eigenvalue weighted by atomic mass is 9.98. The lowest BCUT2D eigenvalue weighted by molar-refractivity contribution is -0.141. The molecule has 0 fully saturated rings. The summed E-state index contributed by atoms with van der Waals surface area (Å²) < 4.78 is 0. The highest BCUT2D eigenvalue weighted by Gasteiger charge is 2.24. The van der Waals surface area contributed by atoms with E-state index in [1.165, 1.54) is 0 Å². The van der Waals surface area contributed by atoms with Gasteiger partial charge in [-0.25, -0.2) is 0 Å². The highest BCUT2D eigenvalue weighted by molar-refractivity contribution is 5.96. The third-order valence-corrected chi connectivity index (χ3v) is 3.44. The summed E-state index contributed by atoms with van der Waals surface area (Å²) in [5.41, 5.74) is 1.84. The van der Waals surface area contributed by atoms with Gasteiger partial charge in [-0.1, -0.05) is 25.1 Å². The van der Waals surface area contributed by atoms with Crippen LogP contribution in [0.1, 0.15) is 29.3 Å². The molecule has 96 valence electrons. The first kappa shape index (κ1) is 12.6. The Bertz CT molecular complexity index is 470. The predicted molar refractivity (Wildman–Crippen MR) is 67.5 cm³/mol. The number of aliphatic carboxylic acids is 1. The molecule has 4 nitrogen and oxygen atoms in total. The highest BCUT2D eigenvalue weighted by Crippen LogP contribution is 2.19. The molecule has 1 heterocycles. The number of carbonyl (C=O) groups is 2. The number of carboxylic acids is 1. The Labute approximate surface area is 106 Å². The fraction of sp³-hybridized carbons (Fsp3) is 0.429. The van der Waals surface area contributed by atoms with E-state index in [1.807, 2.05) is 24.3 Å². The van der Waals surface area contributed by atoms with Gasteiger partial charge in [0.05, 0.1) is 5.92 Å². The standard InChI is InChI=1S/C14H17NO3/c1-10(14(17)18)6-8-15-9-7-11-4-2-3-5-12(11)13(15)16/h2-5,10H,6-9H2,1H3,(H,17,18). The molecular weight excluding hydrogens is 230 g/mol. The molecule has 0 saturated carbocycles. The van der Waals surface area contributed by atoms with E-state index in [1.54, 1.807) is 11.8 Å². The zero-order valence-electron chi connectivity index (χ0n) is 10.4. The van der Waals surface area contributed by atoms with E-state index in [-0.39, 0.29) is 5.91 Å². The van der Waals surface area contributed by atoms with Crippen LogP contribution in [0.15, 0.2) is 24.3 Å². The molecule has 1 atom stereocenters. The molecule has 1 aliphatic rings. The average Bonchev–Trinajstić information content (AvgIpc) is 2.38. The summed E-state index contributed by atoms with van der Waals surface area (Å²) in [7, 11) is 0. The maximum atomic E-state index is 12.2. The fourth-order valence-corrected chi connectivity index (χ4v) is 2.16. The summed E-state index contributed by atoms with van der Waals surface area (Å²) in [5.74, 6) is -1.19. The molecule has 4 heteroatoms. The van der Waals surface area contributed by atoms with E-state index < -0.39 is 11.9 Å². The van der Waals surface area contributed by atoms with Crippen LogP contribution in [0.4, 0.5) is 0 Å². The van der Waals surface area contributed by atoms with E-state index in [2.05, 4.69) is 0 Å². The van der Waals surface area contributed by atoms with Crippen molar-refractivity contribution < 1.29 is 14.7 Å². The Hall–Kier alpha value is -1.84. The van der Waals surface area contributed by atoms with Crippen LogP contribution in [0.5, 0.6) is 0 Å². The maximum absolute atomic E-state index is 12.2. The van der Waals surface area contributed by atoms with Crippen LogP contribution in [-0.4, -0.2) is 35.0 Å². The molecule has 0 bridgehead atoms. The third-order valence-electron chi connectivity index (χ3n) is 3.44. The normalized spacial score (nSPS) is 16.3. The van der Waals surface area contributed by atoms with Crippen molar-refractivity contribution in [2.24, 2.45) is 5.92 Å². The van der Waals surface area contributed by atoms with Crippen molar-refractivity contribution in [3.05, 3.63) is 35.4 Å². The third kappa shape index (κ3) is 2.53. The smallest absolute Gasteiger partial charge is 0.306 e. The number of carbonyl (C=O) groups excluding carboxylic acids is 1. The molecule has 1 aliphatic heterocycles. The summed E-state index contributed by atoms with van der Waals surface area (Å²) >= 11 is 0. The van der Waals surface area contributed by atoms with Gasteiger partial charge in [0.2, 0.25) is 0 Å². The zero-order valence-corrected chi connectivity index (χ0v) is 10.4. The van der Waals surface area contributed by atoms with Crippen LogP contribution in [0, 0.1) is 5.92 Å². The second-order valence-corrected chi connectivity index (χ2v) is 4.73. The first-order valence-corrected chi connectivity index (χ1v) is 6.19. The highest BCUT2D eigenvalue weighted by atomic mass is 16.4. The second-order valence-electron chi connectivity index (χ2n) is 4.73. The number of benzene rings is 1. The van der Waals surface area contributed by atoms with E-state index in [0.29, 0.717) is 19.5 Å². The molecule has 0 radical (unpaired) electrons. The summed E-state index contributed by atoms with van der Waals surface area (Å²) in [6.07, 6.45) is 1.35. The van der Waals surface area contributed by atoms with Crippen LogP contribution >= 0.6 is 0 Å². The van der Waals surface area contributed by atoms with Crippen molar-refractivity contribution in [2.45, 2.75) is 19.8 Å². The molecule has 1 aromatic rings. The minimum atomic E-state index is -0.806. The molecule has 0 aromatic heterocycles. The van der Waals surface area contributed by atoms with E-state index in [9.17, 15) is 9.59 Å². The van der Waals surface area contributed by atoms with Crippen LogP contribution in [0.25, 0.3) is 0 Å². The minimum Gasteiger partial charge on any atom is -0.481 e.